The number of hydrogen-bond acceptors (Lipinski definition) is 3. The third-order valence-corrected chi connectivity index (χ3v) is 3.56. The van der Waals surface area contributed by atoms with Crippen molar-refractivity contribution in [3.05, 3.63) is 66.0 Å². The van der Waals surface area contributed by atoms with Gasteiger partial charge in [0.2, 0.25) is 0 Å². The smallest absolute Gasteiger partial charge is 0.422 e. The Hall–Kier alpha value is -2.71. The fraction of sp³-hybridized carbons (Fsp3) is 0.278. The molecule has 9 heteroatoms. The maximum atomic E-state index is 12.6. The molecule has 0 aliphatic heterocycles. The number of benzene rings is 1. The Balaban J connectivity index is 1.97. The van der Waals surface area contributed by atoms with E-state index in [4.69, 9.17) is 0 Å². The number of halogens is 6. The SMILES string of the molecule is C=C(N[C@H](C)c1ccc(OCC(F)(F)F)cn1)c1ccc(C(F)(F)F)cc1. The maximum absolute atomic E-state index is 12.6. The molecule has 1 aromatic heterocycles. The first kappa shape index (κ1) is 20.6. The number of nitrogens with zero attached hydrogens (tertiary/aromatic N) is 1. The van der Waals surface area contributed by atoms with Gasteiger partial charge in [0.15, 0.2) is 6.61 Å². The monoisotopic (exact) mass is 390 g/mol. The van der Waals surface area contributed by atoms with Crippen molar-refractivity contribution in [2.75, 3.05) is 6.61 Å². The Labute approximate surface area is 151 Å². The van der Waals surface area contributed by atoms with Crippen LogP contribution >= 0.6 is 0 Å². The van der Waals surface area contributed by atoms with Crippen LogP contribution < -0.4 is 10.1 Å². The Morgan fingerprint density at radius 3 is 2.19 bits per heavy atom. The van der Waals surface area contributed by atoms with Crippen LogP contribution in [0.1, 0.15) is 29.8 Å². The number of pyridine rings is 1. The van der Waals surface area contributed by atoms with Gasteiger partial charge < -0.3 is 10.1 Å². The first-order valence-corrected chi connectivity index (χ1v) is 7.74. The number of aromatic nitrogens is 1. The van der Waals surface area contributed by atoms with E-state index < -0.39 is 24.5 Å². The van der Waals surface area contributed by atoms with E-state index in [0.717, 1.165) is 12.1 Å². The normalized spacial score (nSPS) is 13.1. The third kappa shape index (κ3) is 6.19. The van der Waals surface area contributed by atoms with Crippen molar-refractivity contribution in [2.45, 2.75) is 25.3 Å². The van der Waals surface area contributed by atoms with Gasteiger partial charge in [-0.3, -0.25) is 4.98 Å². The Kier molecular flexibility index (Phi) is 6.02. The lowest BCUT2D eigenvalue weighted by Crippen LogP contribution is -2.20. The van der Waals surface area contributed by atoms with Gasteiger partial charge in [0.25, 0.3) is 0 Å². The molecule has 0 fully saturated rings. The zero-order valence-electron chi connectivity index (χ0n) is 14.2. The molecule has 0 spiro atoms. The van der Waals surface area contributed by atoms with Crippen molar-refractivity contribution in [1.82, 2.24) is 10.3 Å². The summed E-state index contributed by atoms with van der Waals surface area (Å²) in [5.74, 6) is -0.0233. The van der Waals surface area contributed by atoms with Gasteiger partial charge in [-0.1, -0.05) is 18.7 Å². The summed E-state index contributed by atoms with van der Waals surface area (Å²) in [7, 11) is 0. The summed E-state index contributed by atoms with van der Waals surface area (Å²) in [6.45, 7) is 4.11. The first-order valence-electron chi connectivity index (χ1n) is 7.74. The molecule has 3 nitrogen and oxygen atoms in total. The minimum Gasteiger partial charge on any atom is -0.483 e. The molecule has 0 saturated heterocycles. The lowest BCUT2D eigenvalue weighted by atomic mass is 10.1. The molecule has 2 rings (SSSR count). The molecule has 0 aliphatic rings. The summed E-state index contributed by atoms with van der Waals surface area (Å²) in [5.41, 5.74) is 0.598. The maximum Gasteiger partial charge on any atom is 0.422 e. The molecular weight excluding hydrogens is 374 g/mol. The van der Waals surface area contributed by atoms with Crippen molar-refractivity contribution in [1.29, 1.82) is 0 Å². The number of hydrogen-bond donors (Lipinski definition) is 1. The Morgan fingerprint density at radius 2 is 1.70 bits per heavy atom. The van der Waals surface area contributed by atoms with Crippen LogP contribution in [-0.4, -0.2) is 17.8 Å². The van der Waals surface area contributed by atoms with Gasteiger partial charge in [-0.15, -0.1) is 0 Å². The fourth-order valence-electron chi connectivity index (χ4n) is 2.18. The highest BCUT2D eigenvalue weighted by Gasteiger charge is 2.30. The highest BCUT2D eigenvalue weighted by Crippen LogP contribution is 2.30. The lowest BCUT2D eigenvalue weighted by molar-refractivity contribution is -0.153. The van der Waals surface area contributed by atoms with Crippen molar-refractivity contribution in [2.24, 2.45) is 0 Å². The molecule has 1 N–H and O–H groups in total. The highest BCUT2D eigenvalue weighted by atomic mass is 19.4. The summed E-state index contributed by atoms with van der Waals surface area (Å²) < 4.78 is 78.7. The third-order valence-electron chi connectivity index (χ3n) is 3.56. The van der Waals surface area contributed by atoms with Gasteiger partial charge in [0.05, 0.1) is 23.5 Å². The van der Waals surface area contributed by atoms with E-state index >= 15 is 0 Å². The molecule has 0 unspecified atom stereocenters. The van der Waals surface area contributed by atoms with Crippen LogP contribution in [0.15, 0.2) is 49.2 Å². The molecule has 0 amide bonds. The second-order valence-electron chi connectivity index (χ2n) is 5.74. The van der Waals surface area contributed by atoms with Gasteiger partial charge in [-0.2, -0.15) is 26.3 Å². The second-order valence-corrected chi connectivity index (χ2v) is 5.74. The van der Waals surface area contributed by atoms with Gasteiger partial charge >= 0.3 is 12.4 Å². The second kappa shape index (κ2) is 7.89. The van der Waals surface area contributed by atoms with Crippen LogP contribution in [0.3, 0.4) is 0 Å². The largest absolute Gasteiger partial charge is 0.483 e. The molecule has 0 saturated carbocycles. The number of alkyl halides is 6. The van der Waals surface area contributed by atoms with E-state index in [9.17, 15) is 26.3 Å². The number of rotatable bonds is 6. The van der Waals surface area contributed by atoms with E-state index in [0.29, 0.717) is 17.0 Å². The summed E-state index contributed by atoms with van der Waals surface area (Å²) >= 11 is 0. The van der Waals surface area contributed by atoms with Crippen LogP contribution in [0.2, 0.25) is 0 Å². The van der Waals surface area contributed by atoms with Gasteiger partial charge in [0.1, 0.15) is 5.75 Å². The molecule has 1 atom stereocenters. The molecule has 146 valence electrons. The van der Waals surface area contributed by atoms with E-state index in [1.165, 1.54) is 30.5 Å². The topological polar surface area (TPSA) is 34.1 Å². The van der Waals surface area contributed by atoms with Gasteiger partial charge in [-0.05, 0) is 36.8 Å². The minimum absolute atomic E-state index is 0.0233. The molecule has 1 aromatic carbocycles. The predicted molar refractivity (Wildman–Crippen MR) is 87.8 cm³/mol. The Morgan fingerprint density at radius 1 is 1.07 bits per heavy atom. The minimum atomic E-state index is -4.44. The number of ether oxygens (including phenoxy) is 1. The van der Waals surface area contributed by atoms with Crippen LogP contribution in [-0.2, 0) is 6.18 Å². The van der Waals surface area contributed by atoms with Gasteiger partial charge in [-0.25, -0.2) is 0 Å². The van der Waals surface area contributed by atoms with Crippen molar-refractivity contribution in [3.63, 3.8) is 0 Å². The fourth-order valence-corrected chi connectivity index (χ4v) is 2.18. The van der Waals surface area contributed by atoms with Crippen molar-refractivity contribution in [3.8, 4) is 5.75 Å². The predicted octanol–water partition coefficient (Wildman–Crippen LogP) is 5.36. The molecule has 0 bridgehead atoms. The standard InChI is InChI=1S/C18H16F6N2O/c1-11(13-3-5-14(6-4-13)18(22,23)24)26-12(2)16-8-7-15(9-25-16)27-10-17(19,20)21/h3-9,12,26H,1,10H2,2H3/t12-/m1/s1. The average Bonchev–Trinajstić information content (AvgIpc) is 2.59. The van der Waals surface area contributed by atoms with Crippen LogP contribution in [0.4, 0.5) is 26.3 Å². The zero-order valence-corrected chi connectivity index (χ0v) is 14.2. The van der Waals surface area contributed by atoms with E-state index in [-0.39, 0.29) is 11.8 Å². The average molecular weight is 390 g/mol. The summed E-state index contributed by atoms with van der Waals surface area (Å²) in [6.07, 6.45) is -7.69. The van der Waals surface area contributed by atoms with Crippen molar-refractivity contribution < 1.29 is 31.1 Å². The van der Waals surface area contributed by atoms with Crippen LogP contribution in [0, 0.1) is 0 Å². The van der Waals surface area contributed by atoms with E-state index in [2.05, 4.69) is 21.6 Å². The molecular formula is C18H16F6N2O. The Bertz CT molecular complexity index is 766. The van der Waals surface area contributed by atoms with Crippen LogP contribution in [0.5, 0.6) is 5.75 Å². The molecule has 1 heterocycles. The van der Waals surface area contributed by atoms with E-state index in [1.807, 2.05) is 0 Å². The van der Waals surface area contributed by atoms with E-state index in [1.54, 1.807) is 6.92 Å². The lowest BCUT2D eigenvalue weighted by Gasteiger charge is -2.18. The molecule has 0 radical (unpaired) electrons. The highest BCUT2D eigenvalue weighted by molar-refractivity contribution is 5.62. The first-order chi connectivity index (χ1) is 12.5. The van der Waals surface area contributed by atoms with Gasteiger partial charge in [0, 0.05) is 5.70 Å². The van der Waals surface area contributed by atoms with Crippen molar-refractivity contribution >= 4 is 5.70 Å². The summed E-state index contributed by atoms with van der Waals surface area (Å²) in [6, 6.07) is 6.97. The number of nitrogens with one attached hydrogen (secondary N) is 1. The quantitative estimate of drug-likeness (QED) is 0.674. The van der Waals surface area contributed by atoms with Crippen LogP contribution in [0.25, 0.3) is 5.70 Å². The zero-order chi connectivity index (χ0) is 20.2. The molecule has 27 heavy (non-hydrogen) atoms. The summed E-state index contributed by atoms with van der Waals surface area (Å²) in [4.78, 5) is 4.03. The summed E-state index contributed by atoms with van der Waals surface area (Å²) in [5, 5.41) is 2.99. The molecule has 0 aliphatic carbocycles. The molecule has 2 aromatic rings.